The second-order valence-corrected chi connectivity index (χ2v) is 4.73. The van der Waals surface area contributed by atoms with Crippen LogP contribution in [-0.4, -0.2) is 15.8 Å². The Balaban J connectivity index is 2.07. The highest BCUT2D eigenvalue weighted by Crippen LogP contribution is 2.21. The van der Waals surface area contributed by atoms with Crippen LogP contribution in [-0.2, 0) is 6.54 Å². The van der Waals surface area contributed by atoms with Crippen LogP contribution in [0.3, 0.4) is 0 Å². The Morgan fingerprint density at radius 2 is 2.25 bits per heavy atom. The summed E-state index contributed by atoms with van der Waals surface area (Å²) in [6, 6.07) is 3.74. The minimum absolute atomic E-state index is 0.0772. The van der Waals surface area contributed by atoms with Crippen LogP contribution in [0.25, 0.3) is 0 Å². The molecule has 0 atom stereocenters. The van der Waals surface area contributed by atoms with Crippen LogP contribution >= 0.6 is 11.3 Å². The number of nitrogens with one attached hydrogen (secondary N) is 2. The molecule has 0 fully saturated rings. The highest BCUT2D eigenvalue weighted by atomic mass is 32.1. The van der Waals surface area contributed by atoms with Crippen molar-refractivity contribution in [3.63, 3.8) is 0 Å². The van der Waals surface area contributed by atoms with Crippen molar-refractivity contribution < 1.29 is 9.72 Å². The number of aromatic amines is 1. The highest BCUT2D eigenvalue weighted by molar-refractivity contribution is 7.07. The Labute approximate surface area is 116 Å². The Bertz CT molecular complexity index is 721. The van der Waals surface area contributed by atoms with E-state index in [1.807, 2.05) is 0 Å². The molecule has 0 radical (unpaired) electrons. The smallest absolute Gasteiger partial charge is 0.304 e. The van der Waals surface area contributed by atoms with E-state index in [9.17, 15) is 19.7 Å². The maximum absolute atomic E-state index is 11.8. The molecule has 1 amide bonds. The lowest BCUT2D eigenvalue weighted by atomic mass is 10.1. The van der Waals surface area contributed by atoms with Gasteiger partial charge in [-0.1, -0.05) is 11.3 Å². The molecule has 0 unspecified atom stereocenters. The largest absolute Gasteiger partial charge is 0.393 e. The number of carbonyl (C=O) groups is 1. The van der Waals surface area contributed by atoms with Gasteiger partial charge in [-0.3, -0.25) is 19.7 Å². The predicted octanol–water partition coefficient (Wildman–Crippen LogP) is 0.857. The van der Waals surface area contributed by atoms with Gasteiger partial charge in [0, 0.05) is 22.7 Å². The number of hydrogen-bond donors (Lipinski definition) is 3. The molecule has 1 aromatic heterocycles. The van der Waals surface area contributed by atoms with Gasteiger partial charge in [-0.15, -0.1) is 0 Å². The third-order valence-electron chi connectivity index (χ3n) is 2.50. The summed E-state index contributed by atoms with van der Waals surface area (Å²) >= 11 is 1.00. The molecule has 0 bridgehead atoms. The number of H-pyrrole nitrogens is 1. The van der Waals surface area contributed by atoms with Gasteiger partial charge < -0.3 is 16.0 Å². The van der Waals surface area contributed by atoms with Crippen LogP contribution in [0.1, 0.15) is 16.1 Å². The van der Waals surface area contributed by atoms with E-state index in [1.54, 1.807) is 5.38 Å². The molecule has 1 aromatic carbocycles. The van der Waals surface area contributed by atoms with Gasteiger partial charge in [0.05, 0.1) is 11.5 Å². The fourth-order valence-electron chi connectivity index (χ4n) is 1.54. The first-order valence-electron chi connectivity index (χ1n) is 5.46. The van der Waals surface area contributed by atoms with Crippen molar-refractivity contribution in [3.05, 3.63) is 54.6 Å². The third kappa shape index (κ3) is 3.01. The Morgan fingerprint density at radius 3 is 2.80 bits per heavy atom. The summed E-state index contributed by atoms with van der Waals surface area (Å²) in [6.45, 7) is 0.161. The van der Waals surface area contributed by atoms with E-state index in [0.717, 1.165) is 11.3 Å². The van der Waals surface area contributed by atoms with Crippen LogP contribution in [0.4, 0.5) is 11.4 Å². The number of anilines is 1. The zero-order chi connectivity index (χ0) is 14.7. The maximum atomic E-state index is 11.8. The number of thiazole rings is 1. The van der Waals surface area contributed by atoms with Gasteiger partial charge in [-0.25, -0.2) is 0 Å². The summed E-state index contributed by atoms with van der Waals surface area (Å²) in [4.78, 5) is 35.1. The first-order chi connectivity index (χ1) is 9.47. The molecule has 0 spiro atoms. The fraction of sp³-hybridized carbons (Fsp3) is 0.0909. The predicted molar refractivity (Wildman–Crippen MR) is 73.6 cm³/mol. The van der Waals surface area contributed by atoms with Crippen molar-refractivity contribution in [1.29, 1.82) is 0 Å². The van der Waals surface area contributed by atoms with Gasteiger partial charge in [-0.05, 0) is 12.1 Å². The van der Waals surface area contributed by atoms with E-state index in [4.69, 9.17) is 5.73 Å². The molecule has 0 aliphatic rings. The summed E-state index contributed by atoms with van der Waals surface area (Å²) in [5.74, 6) is -0.432. The number of carbonyl (C=O) groups excluding carboxylic acids is 1. The number of nitro groups is 1. The molecule has 4 N–H and O–H groups in total. The van der Waals surface area contributed by atoms with Crippen molar-refractivity contribution in [2.75, 3.05) is 5.73 Å². The molecule has 8 nitrogen and oxygen atoms in total. The lowest BCUT2D eigenvalue weighted by Crippen LogP contribution is -2.23. The molecular weight excluding hydrogens is 284 g/mol. The fourth-order valence-corrected chi connectivity index (χ4v) is 2.12. The van der Waals surface area contributed by atoms with Crippen molar-refractivity contribution in [1.82, 2.24) is 10.3 Å². The maximum Gasteiger partial charge on any atom is 0.304 e. The molecule has 0 saturated heterocycles. The van der Waals surface area contributed by atoms with E-state index in [-0.39, 0.29) is 28.4 Å². The Kier molecular flexibility index (Phi) is 3.80. The minimum atomic E-state index is -0.618. The van der Waals surface area contributed by atoms with E-state index in [1.165, 1.54) is 18.2 Å². The zero-order valence-corrected chi connectivity index (χ0v) is 10.9. The van der Waals surface area contributed by atoms with E-state index in [0.29, 0.717) is 5.69 Å². The molecule has 0 aliphatic carbocycles. The average molecular weight is 294 g/mol. The standard InChI is InChI=1S/C11H10N4O4S/c12-8-3-6(1-2-9(8)15(18)19)10(16)13-4-7-5-20-11(17)14-7/h1-3,5H,4,12H2,(H,13,16)(H,14,17). The van der Waals surface area contributed by atoms with Crippen LogP contribution < -0.4 is 15.9 Å². The van der Waals surface area contributed by atoms with Gasteiger partial charge in [0.25, 0.3) is 11.6 Å². The number of nitro benzene ring substituents is 1. The third-order valence-corrected chi connectivity index (χ3v) is 3.22. The molecular formula is C11H10N4O4S. The Hall–Kier alpha value is -2.68. The molecule has 20 heavy (non-hydrogen) atoms. The lowest BCUT2D eigenvalue weighted by molar-refractivity contribution is -0.383. The minimum Gasteiger partial charge on any atom is -0.393 e. The first-order valence-corrected chi connectivity index (χ1v) is 6.34. The van der Waals surface area contributed by atoms with Crippen LogP contribution in [0.5, 0.6) is 0 Å². The van der Waals surface area contributed by atoms with Crippen LogP contribution in [0.15, 0.2) is 28.4 Å². The number of rotatable bonds is 4. The van der Waals surface area contributed by atoms with Gasteiger partial charge in [0.2, 0.25) is 0 Å². The van der Waals surface area contributed by atoms with Crippen molar-refractivity contribution in [3.8, 4) is 0 Å². The monoisotopic (exact) mass is 294 g/mol. The van der Waals surface area contributed by atoms with E-state index >= 15 is 0 Å². The topological polar surface area (TPSA) is 131 Å². The number of nitrogens with two attached hydrogens (primary N) is 1. The summed E-state index contributed by atoms with van der Waals surface area (Å²) in [7, 11) is 0. The van der Waals surface area contributed by atoms with Crippen molar-refractivity contribution in [2.45, 2.75) is 6.54 Å². The number of amides is 1. The zero-order valence-electron chi connectivity index (χ0n) is 10.1. The lowest BCUT2D eigenvalue weighted by Gasteiger charge is -2.04. The normalized spacial score (nSPS) is 10.2. The van der Waals surface area contributed by atoms with Crippen molar-refractivity contribution >= 4 is 28.6 Å². The second-order valence-electron chi connectivity index (χ2n) is 3.89. The van der Waals surface area contributed by atoms with Crippen LogP contribution in [0.2, 0.25) is 0 Å². The quantitative estimate of drug-likeness (QED) is 0.437. The second kappa shape index (κ2) is 5.53. The summed E-state index contributed by atoms with van der Waals surface area (Å²) in [5.41, 5.74) is 5.98. The van der Waals surface area contributed by atoms with Crippen molar-refractivity contribution in [2.24, 2.45) is 0 Å². The summed E-state index contributed by atoms with van der Waals surface area (Å²) in [6.07, 6.45) is 0. The molecule has 0 saturated carbocycles. The van der Waals surface area contributed by atoms with Gasteiger partial charge in [-0.2, -0.15) is 0 Å². The van der Waals surface area contributed by atoms with Gasteiger partial charge in [0.15, 0.2) is 0 Å². The van der Waals surface area contributed by atoms with E-state index < -0.39 is 10.8 Å². The highest BCUT2D eigenvalue weighted by Gasteiger charge is 2.14. The van der Waals surface area contributed by atoms with Gasteiger partial charge in [0.1, 0.15) is 5.69 Å². The number of aromatic nitrogens is 1. The van der Waals surface area contributed by atoms with Crippen LogP contribution in [0, 0.1) is 10.1 Å². The summed E-state index contributed by atoms with van der Waals surface area (Å²) in [5, 5.41) is 14.8. The molecule has 0 aliphatic heterocycles. The Morgan fingerprint density at radius 1 is 1.50 bits per heavy atom. The van der Waals surface area contributed by atoms with E-state index in [2.05, 4.69) is 10.3 Å². The SMILES string of the molecule is Nc1cc(C(=O)NCc2csc(=O)[nH]2)ccc1[N+](=O)[O-]. The molecule has 9 heteroatoms. The average Bonchev–Trinajstić information content (AvgIpc) is 2.81. The number of nitrogen functional groups attached to an aromatic ring is 1. The summed E-state index contributed by atoms with van der Waals surface area (Å²) < 4.78 is 0. The molecule has 104 valence electrons. The number of nitrogens with zero attached hydrogens (tertiary/aromatic N) is 1. The first kappa shape index (κ1) is 13.7. The number of benzene rings is 1. The number of hydrogen-bond acceptors (Lipinski definition) is 6. The van der Waals surface area contributed by atoms with Gasteiger partial charge >= 0.3 is 4.87 Å². The molecule has 2 aromatic rings. The molecule has 1 heterocycles. The molecule has 2 rings (SSSR count).